The van der Waals surface area contributed by atoms with Crippen molar-refractivity contribution in [3.05, 3.63) is 29.3 Å². The van der Waals surface area contributed by atoms with Crippen molar-refractivity contribution in [2.45, 2.75) is 52.3 Å². The van der Waals surface area contributed by atoms with Gasteiger partial charge in [-0.2, -0.15) is 0 Å². The van der Waals surface area contributed by atoms with Gasteiger partial charge in [-0.3, -0.25) is 0 Å². The Kier molecular flexibility index (Phi) is 6.80. The van der Waals surface area contributed by atoms with Crippen LogP contribution in [0.25, 0.3) is 0 Å². The smallest absolute Gasteiger partial charge is 0.121 e. The molecule has 0 fully saturated rings. The van der Waals surface area contributed by atoms with Gasteiger partial charge in [-0.05, 0) is 52.8 Å². The van der Waals surface area contributed by atoms with Crippen LogP contribution in [0, 0.1) is 0 Å². The lowest BCUT2D eigenvalue weighted by atomic mass is 10.1. The minimum Gasteiger partial charge on any atom is -0.489 e. The van der Waals surface area contributed by atoms with Gasteiger partial charge in [0.1, 0.15) is 11.9 Å². The van der Waals surface area contributed by atoms with Gasteiger partial charge in [-0.25, -0.2) is 0 Å². The molecule has 114 valence electrons. The highest BCUT2D eigenvalue weighted by molar-refractivity contribution is 6.30. The summed E-state index contributed by atoms with van der Waals surface area (Å²) in [7, 11) is 0. The second kappa shape index (κ2) is 7.87. The average Bonchev–Trinajstić information content (AvgIpc) is 2.33. The summed E-state index contributed by atoms with van der Waals surface area (Å²) in [5.74, 6) is 0.812. The third-order valence-electron chi connectivity index (χ3n) is 2.83. The van der Waals surface area contributed by atoms with Crippen molar-refractivity contribution in [2.75, 3.05) is 13.1 Å². The molecule has 1 aromatic rings. The van der Waals surface area contributed by atoms with E-state index >= 15 is 0 Å². The highest BCUT2D eigenvalue weighted by Gasteiger charge is 2.12. The molecule has 2 atom stereocenters. The van der Waals surface area contributed by atoms with E-state index in [1.54, 1.807) is 0 Å². The number of hydrogen-bond acceptors (Lipinski definition) is 3. The van der Waals surface area contributed by atoms with Crippen LogP contribution in [0.2, 0.25) is 5.02 Å². The van der Waals surface area contributed by atoms with E-state index in [4.69, 9.17) is 16.3 Å². The van der Waals surface area contributed by atoms with E-state index in [1.807, 2.05) is 24.3 Å². The lowest BCUT2D eigenvalue weighted by molar-refractivity contribution is 0.211. The van der Waals surface area contributed by atoms with Crippen LogP contribution in [0.4, 0.5) is 0 Å². The zero-order chi connectivity index (χ0) is 15.2. The van der Waals surface area contributed by atoms with Gasteiger partial charge >= 0.3 is 0 Å². The summed E-state index contributed by atoms with van der Waals surface area (Å²) in [6.07, 6.45) is 0.102. The minimum atomic E-state index is 0.102. The summed E-state index contributed by atoms with van der Waals surface area (Å²) in [4.78, 5) is 0. The lowest BCUT2D eigenvalue weighted by Gasteiger charge is -2.25. The first kappa shape index (κ1) is 17.3. The maximum Gasteiger partial charge on any atom is 0.121 e. The van der Waals surface area contributed by atoms with E-state index in [-0.39, 0.29) is 11.6 Å². The Bertz CT molecular complexity index is 404. The third-order valence-corrected chi connectivity index (χ3v) is 3.06. The van der Waals surface area contributed by atoms with Crippen molar-refractivity contribution < 1.29 is 4.74 Å². The van der Waals surface area contributed by atoms with Crippen LogP contribution >= 0.6 is 11.6 Å². The maximum absolute atomic E-state index is 5.94. The molecule has 0 radical (unpaired) electrons. The number of nitrogens with one attached hydrogen (secondary N) is 2. The molecule has 20 heavy (non-hydrogen) atoms. The standard InChI is InChI=1S/C16H27ClN2O/c1-12(10-19-16(3,4)5)18-11-13(2)20-15-8-6-7-14(17)9-15/h6-9,12-13,18-19H,10-11H2,1-5H3. The summed E-state index contributed by atoms with van der Waals surface area (Å²) < 4.78 is 5.82. The Morgan fingerprint density at radius 1 is 1.20 bits per heavy atom. The number of benzene rings is 1. The molecule has 1 rings (SSSR count). The molecule has 3 nitrogen and oxygen atoms in total. The van der Waals surface area contributed by atoms with Crippen LogP contribution in [0.5, 0.6) is 5.75 Å². The molecule has 0 bridgehead atoms. The Labute approximate surface area is 128 Å². The second-order valence-electron chi connectivity index (χ2n) is 6.33. The Morgan fingerprint density at radius 2 is 1.90 bits per heavy atom. The summed E-state index contributed by atoms with van der Waals surface area (Å²) >= 11 is 5.94. The van der Waals surface area contributed by atoms with Crippen molar-refractivity contribution in [1.82, 2.24) is 10.6 Å². The van der Waals surface area contributed by atoms with E-state index in [2.05, 4.69) is 45.3 Å². The monoisotopic (exact) mass is 298 g/mol. The number of rotatable bonds is 7. The Balaban J connectivity index is 2.27. The zero-order valence-corrected chi connectivity index (χ0v) is 13.9. The predicted molar refractivity (Wildman–Crippen MR) is 86.8 cm³/mol. The van der Waals surface area contributed by atoms with Gasteiger partial charge in [-0.1, -0.05) is 17.7 Å². The fraction of sp³-hybridized carbons (Fsp3) is 0.625. The van der Waals surface area contributed by atoms with Crippen LogP contribution in [-0.2, 0) is 0 Å². The van der Waals surface area contributed by atoms with Gasteiger partial charge in [0.2, 0.25) is 0 Å². The topological polar surface area (TPSA) is 33.3 Å². The fourth-order valence-electron chi connectivity index (χ4n) is 1.71. The van der Waals surface area contributed by atoms with Crippen molar-refractivity contribution >= 4 is 11.6 Å². The van der Waals surface area contributed by atoms with Gasteiger partial charge in [0.25, 0.3) is 0 Å². The molecule has 0 amide bonds. The molecule has 0 spiro atoms. The maximum atomic E-state index is 5.94. The van der Waals surface area contributed by atoms with Crippen molar-refractivity contribution in [3.8, 4) is 5.75 Å². The third kappa shape index (κ3) is 7.73. The molecule has 1 aromatic carbocycles. The van der Waals surface area contributed by atoms with E-state index < -0.39 is 0 Å². The molecule has 0 heterocycles. The summed E-state index contributed by atoms with van der Waals surface area (Å²) in [6, 6.07) is 7.90. The van der Waals surface area contributed by atoms with Crippen LogP contribution in [0.15, 0.2) is 24.3 Å². The SMILES string of the molecule is CC(CNC(C)(C)C)NCC(C)Oc1cccc(Cl)c1. The number of ether oxygens (including phenoxy) is 1. The Hall–Kier alpha value is -0.770. The molecule has 0 aliphatic rings. The molecule has 2 unspecified atom stereocenters. The minimum absolute atomic E-state index is 0.102. The molecule has 0 saturated carbocycles. The summed E-state index contributed by atoms with van der Waals surface area (Å²) in [6.45, 7) is 12.5. The number of halogens is 1. The van der Waals surface area contributed by atoms with Crippen molar-refractivity contribution in [2.24, 2.45) is 0 Å². The van der Waals surface area contributed by atoms with Crippen molar-refractivity contribution in [1.29, 1.82) is 0 Å². The van der Waals surface area contributed by atoms with Gasteiger partial charge in [0.15, 0.2) is 0 Å². The van der Waals surface area contributed by atoms with Crippen molar-refractivity contribution in [3.63, 3.8) is 0 Å². The molecular formula is C16H27ClN2O. The molecule has 0 aliphatic heterocycles. The highest BCUT2D eigenvalue weighted by atomic mass is 35.5. The van der Waals surface area contributed by atoms with Gasteiger partial charge in [0.05, 0.1) is 0 Å². The van der Waals surface area contributed by atoms with Crippen LogP contribution in [0.1, 0.15) is 34.6 Å². The number of hydrogen-bond donors (Lipinski definition) is 2. The molecule has 4 heteroatoms. The fourth-order valence-corrected chi connectivity index (χ4v) is 1.89. The lowest BCUT2D eigenvalue weighted by Crippen LogP contribution is -2.46. The highest BCUT2D eigenvalue weighted by Crippen LogP contribution is 2.18. The van der Waals surface area contributed by atoms with E-state index in [0.29, 0.717) is 11.1 Å². The van der Waals surface area contributed by atoms with Crippen LogP contribution in [-0.4, -0.2) is 30.8 Å². The van der Waals surface area contributed by atoms with Crippen LogP contribution < -0.4 is 15.4 Å². The van der Waals surface area contributed by atoms with E-state index in [0.717, 1.165) is 18.8 Å². The van der Waals surface area contributed by atoms with E-state index in [1.165, 1.54) is 0 Å². The first-order valence-corrected chi connectivity index (χ1v) is 7.55. The largest absolute Gasteiger partial charge is 0.489 e. The molecule has 0 aromatic heterocycles. The first-order chi connectivity index (χ1) is 9.26. The normalized spacial score (nSPS) is 14.9. The Morgan fingerprint density at radius 3 is 2.50 bits per heavy atom. The average molecular weight is 299 g/mol. The van der Waals surface area contributed by atoms with E-state index in [9.17, 15) is 0 Å². The molecule has 0 aliphatic carbocycles. The van der Waals surface area contributed by atoms with Gasteiger partial charge in [-0.15, -0.1) is 0 Å². The zero-order valence-electron chi connectivity index (χ0n) is 13.2. The molecule has 2 N–H and O–H groups in total. The summed E-state index contributed by atoms with van der Waals surface area (Å²) in [5.41, 5.74) is 0.152. The van der Waals surface area contributed by atoms with Gasteiger partial charge in [0, 0.05) is 29.7 Å². The molecule has 0 saturated heterocycles. The second-order valence-corrected chi connectivity index (χ2v) is 6.76. The predicted octanol–water partition coefficient (Wildman–Crippen LogP) is 3.47. The van der Waals surface area contributed by atoms with Gasteiger partial charge < -0.3 is 15.4 Å². The van der Waals surface area contributed by atoms with Crippen LogP contribution in [0.3, 0.4) is 0 Å². The molecular weight excluding hydrogens is 272 g/mol. The summed E-state index contributed by atoms with van der Waals surface area (Å²) in [5, 5.41) is 7.65. The first-order valence-electron chi connectivity index (χ1n) is 7.17. The quantitative estimate of drug-likeness (QED) is 0.808.